The number of hydrogen-bond donors (Lipinski definition) is 2. The predicted octanol–water partition coefficient (Wildman–Crippen LogP) is 1.72. The Hall–Kier alpha value is -2.85. The number of anilines is 2. The Balaban J connectivity index is 0.000000672. The van der Waals surface area contributed by atoms with Crippen LogP contribution in [0.3, 0.4) is 0 Å². The Morgan fingerprint density at radius 3 is 2.37 bits per heavy atom. The Labute approximate surface area is 220 Å². The third-order valence-corrected chi connectivity index (χ3v) is 4.86. The maximum atomic E-state index is 12.9. The van der Waals surface area contributed by atoms with E-state index in [9.17, 15) is 9.59 Å². The summed E-state index contributed by atoms with van der Waals surface area (Å²) in [6.07, 6.45) is 0. The molecule has 0 radical (unpaired) electrons. The largest absolute Gasteiger partial charge is 1.00 e. The minimum Gasteiger partial charge on any atom is -0.649 e. The Morgan fingerprint density at radius 1 is 1.14 bits per heavy atom. The van der Waals surface area contributed by atoms with Gasteiger partial charge in [0.2, 0.25) is 0 Å². The summed E-state index contributed by atoms with van der Waals surface area (Å²) in [5, 5.41) is 3.80. The van der Waals surface area contributed by atoms with Crippen LogP contribution in [-0.4, -0.2) is 41.0 Å². The van der Waals surface area contributed by atoms with Crippen molar-refractivity contribution in [2.24, 2.45) is 0 Å². The zero-order valence-corrected chi connectivity index (χ0v) is 21.4. The smallest absolute Gasteiger partial charge is 0.649 e. The van der Waals surface area contributed by atoms with Crippen LogP contribution in [0.15, 0.2) is 48.5 Å². The van der Waals surface area contributed by atoms with Crippen molar-refractivity contribution in [2.45, 2.75) is 39.8 Å². The van der Waals surface area contributed by atoms with Crippen LogP contribution in [0.1, 0.15) is 42.4 Å². The van der Waals surface area contributed by atoms with E-state index in [1.165, 1.54) is 6.47 Å². The molecule has 7 nitrogen and oxygen atoms in total. The maximum Gasteiger partial charge on any atom is 1.00 e. The molecule has 0 saturated heterocycles. The minimum absolute atomic E-state index is 0. The van der Waals surface area contributed by atoms with Gasteiger partial charge in [-0.25, -0.2) is 0 Å². The van der Waals surface area contributed by atoms with Gasteiger partial charge in [0.15, 0.2) is 0 Å². The number of aryl methyl sites for hydroxylation is 1. The number of pyridine rings is 1. The second-order valence-corrected chi connectivity index (χ2v) is 8.77. The standard InChI is InChI=1S/C22H24N4O.C5H9O2.Li/c1-4-26(5-2)14-16-8-6-7-9-18(16)22(27)25-17-10-11-21-19(13-17)20(23)12-15(3)24-21;1-5(2,3)7-4-6;/h6-13H,1-2,4-5,14H2,3H3,(H2,23,24)(H,25,27);1-3H3;/q-2;-1;+1. The molecule has 3 N–H and O–H groups in total. The topological polar surface area (TPSA) is 97.5 Å². The average Bonchev–Trinajstić information content (AvgIpc) is 2.77. The van der Waals surface area contributed by atoms with E-state index in [0.717, 1.165) is 22.2 Å². The first-order valence-electron chi connectivity index (χ1n) is 11.0. The number of nitrogens with one attached hydrogen (secondary N) is 1. The molecule has 0 saturated carbocycles. The molecule has 0 unspecified atom stereocenters. The van der Waals surface area contributed by atoms with E-state index in [1.807, 2.05) is 55.5 Å². The average molecular weight is 469 g/mol. The van der Waals surface area contributed by atoms with Gasteiger partial charge in [-0.05, 0) is 63.6 Å². The number of fused-ring (bicyclic) bond motifs is 1. The summed E-state index contributed by atoms with van der Waals surface area (Å²) in [6.45, 7) is 18.3. The summed E-state index contributed by atoms with van der Waals surface area (Å²) < 4.78 is 4.42. The molecule has 0 aliphatic carbocycles. The van der Waals surface area contributed by atoms with Crippen LogP contribution < -0.4 is 29.9 Å². The summed E-state index contributed by atoms with van der Waals surface area (Å²) in [6, 6.07) is 15.0. The molecule has 0 aliphatic heterocycles. The summed E-state index contributed by atoms with van der Waals surface area (Å²) >= 11 is 0. The monoisotopic (exact) mass is 468 g/mol. The first-order valence-corrected chi connectivity index (χ1v) is 11.0. The van der Waals surface area contributed by atoms with Gasteiger partial charge in [-0.3, -0.25) is 9.78 Å². The molecule has 8 heteroatoms. The Kier molecular flexibility index (Phi) is 12.0. The van der Waals surface area contributed by atoms with Gasteiger partial charge in [0, 0.05) is 34.6 Å². The second kappa shape index (κ2) is 13.9. The van der Waals surface area contributed by atoms with E-state index >= 15 is 0 Å². The van der Waals surface area contributed by atoms with Gasteiger partial charge in [0.1, 0.15) is 0 Å². The number of nitrogens with zero attached hydrogens (tertiary/aromatic N) is 2. The molecule has 1 heterocycles. The number of carbonyl (C=O) groups excluding carboxylic acids is 2. The first-order chi connectivity index (χ1) is 16.1. The third-order valence-electron chi connectivity index (χ3n) is 4.86. The molecular weight excluding hydrogens is 435 g/mol. The Morgan fingerprint density at radius 2 is 1.80 bits per heavy atom. The summed E-state index contributed by atoms with van der Waals surface area (Å²) in [7, 11) is 0. The fourth-order valence-corrected chi connectivity index (χ4v) is 3.18. The molecule has 3 rings (SSSR count). The molecule has 3 aromatic rings. The second-order valence-electron chi connectivity index (χ2n) is 8.77. The number of aromatic nitrogens is 1. The van der Waals surface area contributed by atoms with Gasteiger partial charge in [0.05, 0.1) is 11.1 Å². The van der Waals surface area contributed by atoms with Crippen LogP contribution in [0, 0.1) is 20.8 Å². The van der Waals surface area contributed by atoms with Gasteiger partial charge in [-0.15, -0.1) is 13.1 Å². The fourth-order valence-electron chi connectivity index (χ4n) is 3.18. The molecule has 0 spiro atoms. The van der Waals surface area contributed by atoms with Crippen molar-refractivity contribution in [2.75, 3.05) is 24.1 Å². The van der Waals surface area contributed by atoms with Gasteiger partial charge >= 0.3 is 18.9 Å². The number of rotatable bonds is 7. The van der Waals surface area contributed by atoms with E-state index in [-0.39, 0.29) is 30.4 Å². The first kappa shape index (κ1) is 30.2. The maximum absolute atomic E-state index is 12.9. The molecule has 0 atom stereocenters. The summed E-state index contributed by atoms with van der Waals surface area (Å²) in [4.78, 5) is 28.9. The van der Waals surface area contributed by atoms with Crippen molar-refractivity contribution in [1.82, 2.24) is 9.88 Å². The van der Waals surface area contributed by atoms with Crippen LogP contribution in [0.5, 0.6) is 0 Å². The third kappa shape index (κ3) is 9.37. The fraction of sp³-hybridized carbons (Fsp3) is 0.296. The molecular formula is C27H33LiN4O3-2. The number of benzene rings is 2. The summed E-state index contributed by atoms with van der Waals surface area (Å²) in [5.41, 5.74) is 10.3. The van der Waals surface area contributed by atoms with Gasteiger partial charge in [0.25, 0.3) is 5.91 Å². The molecule has 0 aliphatic rings. The SMILES string of the molecule is CC(C)(C)O[C-]=O.[CH2-]CN(C[CH2-])Cc1ccccc1C(=O)Nc1ccc2nc(C)cc(N)c2c1.[Li+]. The quantitative estimate of drug-likeness (QED) is 0.405. The molecule has 0 bridgehead atoms. The number of amides is 1. The number of ether oxygens (including phenoxy) is 1. The minimum atomic E-state index is -0.373. The molecule has 0 fully saturated rings. The van der Waals surface area contributed by atoms with Crippen LogP contribution >= 0.6 is 0 Å². The van der Waals surface area contributed by atoms with Crippen molar-refractivity contribution in [3.8, 4) is 0 Å². The van der Waals surface area contributed by atoms with Gasteiger partial charge in [-0.2, -0.15) is 0 Å². The number of carbonyl (C=O) groups is 1. The molecule has 182 valence electrons. The Bertz CT molecular complexity index is 1130. The normalized spacial score (nSPS) is 10.7. The van der Waals surface area contributed by atoms with Crippen LogP contribution in [0.2, 0.25) is 0 Å². The van der Waals surface area contributed by atoms with Crippen LogP contribution in [0.25, 0.3) is 10.9 Å². The van der Waals surface area contributed by atoms with Crippen molar-refractivity contribution < 1.29 is 33.2 Å². The molecule has 1 amide bonds. The zero-order chi connectivity index (χ0) is 25.3. The van der Waals surface area contributed by atoms with Crippen LogP contribution in [0.4, 0.5) is 11.4 Å². The van der Waals surface area contributed by atoms with E-state index in [1.54, 1.807) is 20.8 Å². The number of nitrogens with two attached hydrogens (primary N) is 1. The van der Waals surface area contributed by atoms with E-state index in [4.69, 9.17) is 5.73 Å². The zero-order valence-electron chi connectivity index (χ0n) is 21.4. The summed E-state index contributed by atoms with van der Waals surface area (Å²) in [5.74, 6) is -0.156. The van der Waals surface area contributed by atoms with Gasteiger partial charge < -0.3 is 39.3 Å². The van der Waals surface area contributed by atoms with Crippen molar-refractivity contribution in [3.05, 3.63) is 79.2 Å². The molecule has 1 aromatic heterocycles. The molecule has 35 heavy (non-hydrogen) atoms. The van der Waals surface area contributed by atoms with Crippen molar-refractivity contribution in [3.63, 3.8) is 0 Å². The van der Waals surface area contributed by atoms with E-state index < -0.39 is 0 Å². The van der Waals surface area contributed by atoms with Gasteiger partial charge in [-0.1, -0.05) is 24.7 Å². The number of nitrogen functional groups attached to an aromatic ring is 1. The molecule has 2 aromatic carbocycles. The van der Waals surface area contributed by atoms with Crippen molar-refractivity contribution >= 4 is 34.7 Å². The van der Waals surface area contributed by atoms with Crippen LogP contribution in [-0.2, 0) is 16.1 Å². The number of hydrogen-bond acceptors (Lipinski definition) is 6. The van der Waals surface area contributed by atoms with E-state index in [0.29, 0.717) is 36.6 Å². The predicted molar refractivity (Wildman–Crippen MR) is 138 cm³/mol. The van der Waals surface area contributed by atoms with Crippen molar-refractivity contribution in [1.29, 1.82) is 0 Å². The van der Waals surface area contributed by atoms with E-state index in [2.05, 4.69) is 33.8 Å².